The van der Waals surface area contributed by atoms with Crippen molar-refractivity contribution in [2.24, 2.45) is 23.7 Å². The first-order valence-electron chi connectivity index (χ1n) is 10.8. The average Bonchev–Trinajstić information content (AvgIpc) is 3.22. The normalized spacial score (nSPS) is 30.3. The number of rotatable bonds is 5. The largest absolute Gasteiger partial charge is 0.481 e. The van der Waals surface area contributed by atoms with Crippen LogP contribution in [0.4, 0.5) is 0 Å². The summed E-state index contributed by atoms with van der Waals surface area (Å²) in [6, 6.07) is 0. The fourth-order valence-corrected chi connectivity index (χ4v) is 4.91. The predicted octanol–water partition coefficient (Wildman–Crippen LogP) is 2.00. The molecular weight excluding hydrogens is 360 g/mol. The second-order valence-electron chi connectivity index (χ2n) is 8.66. The topological polar surface area (TPSA) is 87.2 Å². The van der Waals surface area contributed by atoms with Crippen LogP contribution in [-0.4, -0.2) is 71.6 Å². The molecule has 4 atom stereocenters. The summed E-state index contributed by atoms with van der Waals surface area (Å²) in [6.07, 6.45) is 4.50. The molecule has 0 aliphatic carbocycles. The molecule has 3 saturated heterocycles. The van der Waals surface area contributed by atoms with E-state index in [1.54, 1.807) is 0 Å². The maximum Gasteiger partial charge on any atom is 0.309 e. The standard InChI is InChI=1S/C21H34N2O5/c1-3-14(2)19(24)23-9-4-5-16(13-23)20(25)22-10-6-15(7-11-22)18-17(21(26)27)8-12-28-18/h14-18H,3-13H2,1-2H3,(H,26,27)/t14?,16?,17?,18-/m0/s1. The molecular formula is C21H34N2O5. The Morgan fingerprint density at radius 3 is 2.43 bits per heavy atom. The molecule has 0 saturated carbocycles. The van der Waals surface area contributed by atoms with Crippen LogP contribution >= 0.6 is 0 Å². The third-order valence-electron chi connectivity index (χ3n) is 6.89. The van der Waals surface area contributed by atoms with Crippen LogP contribution in [0.5, 0.6) is 0 Å². The Hall–Kier alpha value is -1.63. The van der Waals surface area contributed by atoms with Crippen LogP contribution in [0.25, 0.3) is 0 Å². The average molecular weight is 395 g/mol. The van der Waals surface area contributed by atoms with Crippen LogP contribution in [0.2, 0.25) is 0 Å². The number of hydrogen-bond donors (Lipinski definition) is 1. The molecule has 7 heteroatoms. The molecule has 158 valence electrons. The lowest BCUT2D eigenvalue weighted by Crippen LogP contribution is -2.50. The molecule has 3 unspecified atom stereocenters. The molecule has 2 amide bonds. The minimum absolute atomic E-state index is 0.0122. The van der Waals surface area contributed by atoms with Gasteiger partial charge in [0.05, 0.1) is 17.9 Å². The molecule has 0 spiro atoms. The van der Waals surface area contributed by atoms with Gasteiger partial charge in [-0.15, -0.1) is 0 Å². The van der Waals surface area contributed by atoms with Gasteiger partial charge in [0.15, 0.2) is 0 Å². The van der Waals surface area contributed by atoms with Crippen LogP contribution in [0.1, 0.15) is 52.4 Å². The Bertz CT molecular complexity index is 587. The number of amides is 2. The first kappa shape index (κ1) is 21.1. The van der Waals surface area contributed by atoms with Gasteiger partial charge in [-0.25, -0.2) is 0 Å². The van der Waals surface area contributed by atoms with E-state index in [1.165, 1.54) is 0 Å². The summed E-state index contributed by atoms with van der Waals surface area (Å²) in [6.45, 7) is 7.09. The van der Waals surface area contributed by atoms with Crippen molar-refractivity contribution in [2.45, 2.75) is 58.5 Å². The number of carbonyl (C=O) groups excluding carboxylic acids is 2. The monoisotopic (exact) mass is 394 g/mol. The second-order valence-corrected chi connectivity index (χ2v) is 8.66. The van der Waals surface area contributed by atoms with Crippen LogP contribution in [0, 0.1) is 23.7 Å². The molecule has 0 bridgehead atoms. The summed E-state index contributed by atoms with van der Waals surface area (Å²) < 4.78 is 5.72. The number of hydrogen-bond acceptors (Lipinski definition) is 4. The van der Waals surface area contributed by atoms with E-state index in [0.717, 1.165) is 38.6 Å². The highest BCUT2D eigenvalue weighted by Gasteiger charge is 2.41. The highest BCUT2D eigenvalue weighted by atomic mass is 16.5. The summed E-state index contributed by atoms with van der Waals surface area (Å²) in [5, 5.41) is 9.37. The third-order valence-corrected chi connectivity index (χ3v) is 6.89. The van der Waals surface area contributed by atoms with E-state index in [-0.39, 0.29) is 35.7 Å². The Kier molecular flexibility index (Phi) is 6.96. The van der Waals surface area contributed by atoms with Gasteiger partial charge < -0.3 is 19.6 Å². The smallest absolute Gasteiger partial charge is 0.309 e. The van der Waals surface area contributed by atoms with Crippen molar-refractivity contribution in [3.8, 4) is 0 Å². The second kappa shape index (κ2) is 9.25. The van der Waals surface area contributed by atoms with Gasteiger partial charge in [0, 0.05) is 38.7 Å². The lowest BCUT2D eigenvalue weighted by Gasteiger charge is -2.39. The minimum Gasteiger partial charge on any atom is -0.481 e. The van der Waals surface area contributed by atoms with Crippen molar-refractivity contribution in [1.82, 2.24) is 9.80 Å². The van der Waals surface area contributed by atoms with Crippen molar-refractivity contribution >= 4 is 17.8 Å². The summed E-state index contributed by atoms with van der Waals surface area (Å²) in [5.74, 6) is -0.743. The molecule has 3 fully saturated rings. The lowest BCUT2D eigenvalue weighted by atomic mass is 9.83. The number of ether oxygens (including phenoxy) is 1. The molecule has 3 aliphatic heterocycles. The summed E-state index contributed by atoms with van der Waals surface area (Å²) in [4.78, 5) is 40.7. The van der Waals surface area contributed by atoms with E-state index in [4.69, 9.17) is 4.74 Å². The fourth-order valence-electron chi connectivity index (χ4n) is 4.91. The Morgan fingerprint density at radius 1 is 1.07 bits per heavy atom. The predicted molar refractivity (Wildman–Crippen MR) is 104 cm³/mol. The highest BCUT2D eigenvalue weighted by molar-refractivity contribution is 5.82. The quantitative estimate of drug-likeness (QED) is 0.771. The van der Waals surface area contributed by atoms with Gasteiger partial charge in [-0.05, 0) is 44.4 Å². The van der Waals surface area contributed by atoms with Gasteiger partial charge in [0.1, 0.15) is 0 Å². The fraction of sp³-hybridized carbons (Fsp3) is 0.857. The van der Waals surface area contributed by atoms with Crippen LogP contribution in [0.15, 0.2) is 0 Å². The van der Waals surface area contributed by atoms with E-state index in [1.807, 2.05) is 23.6 Å². The maximum absolute atomic E-state index is 13.0. The van der Waals surface area contributed by atoms with E-state index < -0.39 is 11.9 Å². The van der Waals surface area contributed by atoms with Gasteiger partial charge in [-0.2, -0.15) is 0 Å². The zero-order chi connectivity index (χ0) is 20.3. The van der Waals surface area contributed by atoms with Crippen molar-refractivity contribution < 1.29 is 24.2 Å². The number of carbonyl (C=O) groups is 3. The molecule has 0 aromatic carbocycles. The van der Waals surface area contributed by atoms with E-state index in [2.05, 4.69) is 0 Å². The zero-order valence-electron chi connectivity index (χ0n) is 17.1. The van der Waals surface area contributed by atoms with Gasteiger partial charge in [0.25, 0.3) is 0 Å². The highest BCUT2D eigenvalue weighted by Crippen LogP contribution is 2.34. The van der Waals surface area contributed by atoms with Gasteiger partial charge >= 0.3 is 5.97 Å². The Balaban J connectivity index is 1.52. The van der Waals surface area contributed by atoms with Crippen molar-refractivity contribution in [3.63, 3.8) is 0 Å². The minimum atomic E-state index is -0.769. The number of aliphatic carboxylic acids is 1. The molecule has 0 radical (unpaired) electrons. The molecule has 7 nitrogen and oxygen atoms in total. The van der Waals surface area contributed by atoms with Gasteiger partial charge in [-0.3, -0.25) is 14.4 Å². The van der Waals surface area contributed by atoms with E-state index in [9.17, 15) is 19.5 Å². The summed E-state index contributed by atoms with van der Waals surface area (Å²) >= 11 is 0. The van der Waals surface area contributed by atoms with Crippen molar-refractivity contribution in [3.05, 3.63) is 0 Å². The Labute approximate surface area is 167 Å². The number of piperidine rings is 2. The molecule has 0 aromatic heterocycles. The van der Waals surface area contributed by atoms with Crippen LogP contribution in [-0.2, 0) is 19.1 Å². The van der Waals surface area contributed by atoms with Gasteiger partial charge in [0.2, 0.25) is 11.8 Å². The molecule has 0 aromatic rings. The molecule has 3 rings (SSSR count). The lowest BCUT2D eigenvalue weighted by molar-refractivity contribution is -0.148. The van der Waals surface area contributed by atoms with Crippen LogP contribution < -0.4 is 0 Å². The number of carboxylic acids is 1. The Morgan fingerprint density at radius 2 is 1.79 bits per heavy atom. The van der Waals surface area contributed by atoms with Crippen molar-refractivity contribution in [2.75, 3.05) is 32.8 Å². The zero-order valence-corrected chi connectivity index (χ0v) is 17.1. The summed E-state index contributed by atoms with van der Waals surface area (Å²) in [5.41, 5.74) is 0. The van der Waals surface area contributed by atoms with Crippen LogP contribution in [0.3, 0.4) is 0 Å². The maximum atomic E-state index is 13.0. The number of carboxylic acid groups (broad SMARTS) is 1. The van der Waals surface area contributed by atoms with Crippen molar-refractivity contribution in [1.29, 1.82) is 0 Å². The van der Waals surface area contributed by atoms with E-state index in [0.29, 0.717) is 32.7 Å². The molecule has 3 aliphatic rings. The SMILES string of the molecule is CCC(C)C(=O)N1CCCC(C(=O)N2CCC([C@@H]3OCCC3C(=O)O)CC2)C1. The molecule has 28 heavy (non-hydrogen) atoms. The first-order valence-corrected chi connectivity index (χ1v) is 10.8. The van der Waals surface area contributed by atoms with Gasteiger partial charge in [-0.1, -0.05) is 13.8 Å². The number of nitrogens with zero attached hydrogens (tertiary/aromatic N) is 2. The third kappa shape index (κ3) is 4.50. The first-order chi connectivity index (χ1) is 13.4. The molecule has 1 N–H and O–H groups in total. The summed E-state index contributed by atoms with van der Waals surface area (Å²) in [7, 11) is 0. The number of likely N-dealkylation sites (tertiary alicyclic amines) is 2. The van der Waals surface area contributed by atoms with E-state index >= 15 is 0 Å². The molecule has 3 heterocycles.